The molecule has 1 atom stereocenters. The predicted molar refractivity (Wildman–Crippen MR) is 144 cm³/mol. The molecule has 0 saturated carbocycles. The molecule has 1 aromatic carbocycles. The molecule has 2 saturated heterocycles. The highest BCUT2D eigenvalue weighted by atomic mass is 32.2. The van der Waals surface area contributed by atoms with E-state index in [-0.39, 0.29) is 6.04 Å². The molecule has 2 N–H and O–H groups in total. The lowest BCUT2D eigenvalue weighted by molar-refractivity contribution is 0.122. The van der Waals surface area contributed by atoms with Gasteiger partial charge in [-0.3, -0.25) is 4.90 Å². The molecule has 0 amide bonds. The van der Waals surface area contributed by atoms with Crippen LogP contribution < -0.4 is 9.62 Å². The number of aromatic amines is 1. The van der Waals surface area contributed by atoms with E-state index in [1.165, 1.54) is 11.1 Å². The van der Waals surface area contributed by atoms with E-state index in [0.717, 1.165) is 77.3 Å². The maximum atomic E-state index is 11.7. The van der Waals surface area contributed by atoms with Crippen molar-refractivity contribution in [1.82, 2.24) is 24.6 Å². The van der Waals surface area contributed by atoms with Crippen molar-refractivity contribution in [3.05, 3.63) is 41.4 Å². The fourth-order valence-corrected chi connectivity index (χ4v) is 7.20. The summed E-state index contributed by atoms with van der Waals surface area (Å²) in [5.74, 6) is 1.70. The number of ether oxygens (including phenoxy) is 1. The lowest BCUT2D eigenvalue weighted by atomic mass is 10.1. The zero-order valence-electron chi connectivity index (χ0n) is 20.2. The summed E-state index contributed by atoms with van der Waals surface area (Å²) < 4.78 is 32.9. The van der Waals surface area contributed by atoms with Gasteiger partial charge in [0.1, 0.15) is 0 Å². The number of nitrogens with one attached hydrogen (secondary N) is 2. The number of morpholine rings is 1. The average Bonchev–Trinajstić information content (AvgIpc) is 3.49. The molecule has 11 heteroatoms. The molecule has 1 unspecified atom stereocenters. The molecule has 0 radical (unpaired) electrons. The van der Waals surface area contributed by atoms with Gasteiger partial charge in [-0.1, -0.05) is 12.1 Å². The summed E-state index contributed by atoms with van der Waals surface area (Å²) in [6.45, 7) is 5.43. The zero-order valence-corrected chi connectivity index (χ0v) is 21.9. The largest absolute Gasteiger partial charge is 0.378 e. The topological polar surface area (TPSA) is 103 Å². The van der Waals surface area contributed by atoms with Crippen LogP contribution in [0, 0.1) is 0 Å². The van der Waals surface area contributed by atoms with Gasteiger partial charge >= 0.3 is 0 Å². The zero-order chi connectivity index (χ0) is 24.7. The number of anilines is 1. The van der Waals surface area contributed by atoms with E-state index in [4.69, 9.17) is 14.7 Å². The van der Waals surface area contributed by atoms with Crippen molar-refractivity contribution in [2.24, 2.45) is 0 Å². The number of nitrogens with zero attached hydrogens (tertiary/aromatic N) is 4. The number of sulfonamides is 1. The van der Waals surface area contributed by atoms with E-state index in [2.05, 4.69) is 43.8 Å². The molecule has 0 bridgehead atoms. The molecular formula is C25H30N6O3S2. The van der Waals surface area contributed by atoms with Gasteiger partial charge in [0.05, 0.1) is 29.7 Å². The maximum Gasteiger partial charge on any atom is 0.208 e. The van der Waals surface area contributed by atoms with Gasteiger partial charge in [-0.05, 0) is 37.6 Å². The first kappa shape index (κ1) is 23.8. The minimum atomic E-state index is -3.21. The Balaban J connectivity index is 1.36. The number of thiophene rings is 1. The lowest BCUT2D eigenvalue weighted by Gasteiger charge is -2.32. The third-order valence-corrected chi connectivity index (χ3v) is 8.68. The van der Waals surface area contributed by atoms with Crippen LogP contribution in [0.3, 0.4) is 0 Å². The molecule has 190 valence electrons. The van der Waals surface area contributed by atoms with Gasteiger partial charge < -0.3 is 14.6 Å². The van der Waals surface area contributed by atoms with Crippen LogP contribution in [0.15, 0.2) is 36.5 Å². The number of benzene rings is 1. The molecular weight excluding hydrogens is 496 g/mol. The highest BCUT2D eigenvalue weighted by Crippen LogP contribution is 2.36. The molecule has 0 spiro atoms. The molecule has 36 heavy (non-hydrogen) atoms. The van der Waals surface area contributed by atoms with Crippen LogP contribution >= 0.6 is 11.3 Å². The Morgan fingerprint density at radius 3 is 2.89 bits per heavy atom. The van der Waals surface area contributed by atoms with Crippen LogP contribution in [0.4, 0.5) is 5.82 Å². The summed E-state index contributed by atoms with van der Waals surface area (Å²) >= 11 is 1.74. The summed E-state index contributed by atoms with van der Waals surface area (Å²) in [6, 6.07) is 10.4. The molecule has 6 rings (SSSR count). The Hall–Kier alpha value is -2.57. The number of piperidine rings is 1. The number of aromatic nitrogens is 3. The Bertz CT molecular complexity index is 1490. The fourth-order valence-electron chi connectivity index (χ4n) is 5.25. The van der Waals surface area contributed by atoms with Crippen LogP contribution in [0.2, 0.25) is 0 Å². The molecule has 2 aliphatic heterocycles. The van der Waals surface area contributed by atoms with Crippen molar-refractivity contribution in [2.45, 2.75) is 25.4 Å². The summed E-state index contributed by atoms with van der Waals surface area (Å²) in [5.41, 5.74) is 3.04. The number of hydrogen-bond donors (Lipinski definition) is 2. The van der Waals surface area contributed by atoms with Crippen molar-refractivity contribution in [2.75, 3.05) is 50.5 Å². The molecule has 0 aliphatic carbocycles. The summed E-state index contributed by atoms with van der Waals surface area (Å²) in [6.07, 6.45) is 5.02. The molecule has 2 aliphatic rings. The van der Waals surface area contributed by atoms with Crippen molar-refractivity contribution in [3.63, 3.8) is 0 Å². The van der Waals surface area contributed by atoms with E-state index in [9.17, 15) is 8.42 Å². The third-order valence-electron chi connectivity index (χ3n) is 6.82. The molecule has 4 aromatic rings. The first-order valence-corrected chi connectivity index (χ1v) is 15.0. The van der Waals surface area contributed by atoms with E-state index in [0.29, 0.717) is 19.8 Å². The lowest BCUT2D eigenvalue weighted by Crippen LogP contribution is -2.46. The normalized spacial score (nSPS) is 19.9. The van der Waals surface area contributed by atoms with Crippen molar-refractivity contribution >= 4 is 48.3 Å². The van der Waals surface area contributed by atoms with Gasteiger partial charge in [0.2, 0.25) is 10.0 Å². The van der Waals surface area contributed by atoms with Crippen LogP contribution in [0.25, 0.3) is 32.5 Å². The second-order valence-corrected chi connectivity index (χ2v) is 12.5. The van der Waals surface area contributed by atoms with Crippen molar-refractivity contribution in [1.29, 1.82) is 0 Å². The van der Waals surface area contributed by atoms with E-state index in [1.807, 2.05) is 12.3 Å². The van der Waals surface area contributed by atoms with Gasteiger partial charge in [0.25, 0.3) is 0 Å². The number of H-pyrrole nitrogens is 1. The molecule has 9 nitrogen and oxygen atoms in total. The Morgan fingerprint density at radius 2 is 2.06 bits per heavy atom. The SMILES string of the molecule is CS(=O)(=O)NC1CCCN(Cc2cc3nc(-c4cccc5[nH]ccc45)nc(N4CCOCC4)c3s2)C1. The third kappa shape index (κ3) is 4.98. The molecule has 3 aromatic heterocycles. The highest BCUT2D eigenvalue weighted by Gasteiger charge is 2.25. The van der Waals surface area contributed by atoms with E-state index < -0.39 is 10.0 Å². The van der Waals surface area contributed by atoms with Gasteiger partial charge in [0.15, 0.2) is 11.6 Å². The average molecular weight is 527 g/mol. The summed E-state index contributed by atoms with van der Waals surface area (Å²) in [5, 5.41) is 1.11. The standard InChI is InChI=1S/C25H30N6O3S2/c1-36(32,33)29-17-4-3-9-30(15-17)16-18-14-22-23(35-18)25(31-10-12-34-13-11-31)28-24(27-22)20-5-2-6-21-19(20)7-8-26-21/h2,5-8,14,17,26,29H,3-4,9-13,15-16H2,1H3. The monoisotopic (exact) mass is 526 g/mol. The van der Waals surface area contributed by atoms with Gasteiger partial charge in [0, 0.05) is 59.8 Å². The fraction of sp³-hybridized carbons (Fsp3) is 0.440. The van der Waals surface area contributed by atoms with E-state index in [1.54, 1.807) is 11.3 Å². The number of rotatable bonds is 6. The minimum absolute atomic E-state index is 0.0414. The predicted octanol–water partition coefficient (Wildman–Crippen LogP) is 3.19. The summed E-state index contributed by atoms with van der Waals surface area (Å²) in [7, 11) is -3.21. The Labute approximate surface area is 214 Å². The first-order valence-electron chi connectivity index (χ1n) is 12.3. The van der Waals surface area contributed by atoms with Crippen LogP contribution in [0.1, 0.15) is 17.7 Å². The highest BCUT2D eigenvalue weighted by molar-refractivity contribution is 7.88. The Kier molecular flexibility index (Phi) is 6.42. The van der Waals surface area contributed by atoms with Gasteiger partial charge in [-0.2, -0.15) is 0 Å². The first-order chi connectivity index (χ1) is 17.4. The maximum absolute atomic E-state index is 11.7. The summed E-state index contributed by atoms with van der Waals surface area (Å²) in [4.78, 5) is 19.3. The van der Waals surface area contributed by atoms with Crippen LogP contribution in [0.5, 0.6) is 0 Å². The van der Waals surface area contributed by atoms with Crippen molar-refractivity contribution < 1.29 is 13.2 Å². The second-order valence-electron chi connectivity index (χ2n) is 9.61. The molecule has 5 heterocycles. The van der Waals surface area contributed by atoms with Gasteiger partial charge in [-0.25, -0.2) is 23.1 Å². The number of hydrogen-bond acceptors (Lipinski definition) is 8. The van der Waals surface area contributed by atoms with Crippen molar-refractivity contribution in [3.8, 4) is 11.4 Å². The minimum Gasteiger partial charge on any atom is -0.378 e. The molecule has 2 fully saturated rings. The van der Waals surface area contributed by atoms with Crippen LogP contribution in [-0.4, -0.2) is 80.0 Å². The van der Waals surface area contributed by atoms with Crippen LogP contribution in [-0.2, 0) is 21.3 Å². The second kappa shape index (κ2) is 9.71. The Morgan fingerprint density at radius 1 is 1.19 bits per heavy atom. The van der Waals surface area contributed by atoms with Gasteiger partial charge in [-0.15, -0.1) is 11.3 Å². The number of likely N-dealkylation sites (tertiary alicyclic amines) is 1. The van der Waals surface area contributed by atoms with E-state index >= 15 is 0 Å². The number of fused-ring (bicyclic) bond motifs is 2. The smallest absolute Gasteiger partial charge is 0.208 e. The quantitative estimate of drug-likeness (QED) is 0.398.